The lowest BCUT2D eigenvalue weighted by molar-refractivity contribution is 0.242. The number of nitrogens with one attached hydrogen (secondary N) is 1. The molecular formula is C15H21N3S. The van der Waals surface area contributed by atoms with Crippen LogP contribution in [0.25, 0.3) is 10.2 Å². The van der Waals surface area contributed by atoms with Crippen LogP contribution in [-0.4, -0.2) is 36.1 Å². The molecule has 2 heterocycles. The highest BCUT2D eigenvalue weighted by molar-refractivity contribution is 7.18. The Balaban J connectivity index is 1.76. The Labute approximate surface area is 118 Å². The van der Waals surface area contributed by atoms with E-state index in [1.807, 2.05) is 7.05 Å². The second kappa shape index (κ2) is 5.57. The van der Waals surface area contributed by atoms with E-state index in [9.17, 15) is 0 Å². The third-order valence-electron chi connectivity index (χ3n) is 3.88. The van der Waals surface area contributed by atoms with Crippen LogP contribution in [0.4, 0.5) is 0 Å². The minimum absolute atomic E-state index is 0.698. The average Bonchev–Trinajstić information content (AvgIpc) is 2.95. The number of hydrogen-bond donors (Lipinski definition) is 1. The van der Waals surface area contributed by atoms with Gasteiger partial charge in [-0.25, -0.2) is 4.98 Å². The third-order valence-corrected chi connectivity index (χ3v) is 4.82. The molecular weight excluding hydrogens is 254 g/mol. The quantitative estimate of drug-likeness (QED) is 0.930. The highest BCUT2D eigenvalue weighted by atomic mass is 32.1. The predicted octanol–water partition coefficient (Wildman–Crippen LogP) is 2.79. The Morgan fingerprint density at radius 1 is 1.47 bits per heavy atom. The van der Waals surface area contributed by atoms with Crippen LogP contribution in [0, 0.1) is 6.92 Å². The molecule has 3 nitrogen and oxygen atoms in total. The molecule has 1 fully saturated rings. The van der Waals surface area contributed by atoms with Crippen LogP contribution < -0.4 is 5.32 Å². The van der Waals surface area contributed by atoms with Gasteiger partial charge in [0, 0.05) is 19.1 Å². The summed E-state index contributed by atoms with van der Waals surface area (Å²) < 4.78 is 1.32. The molecule has 1 N–H and O–H groups in total. The van der Waals surface area contributed by atoms with E-state index in [0.29, 0.717) is 6.04 Å². The maximum absolute atomic E-state index is 4.53. The number of aromatic nitrogens is 1. The van der Waals surface area contributed by atoms with Crippen LogP contribution in [0.3, 0.4) is 0 Å². The summed E-state index contributed by atoms with van der Waals surface area (Å²) in [5.74, 6) is 0. The first-order valence-electron chi connectivity index (χ1n) is 7.01. The summed E-state index contributed by atoms with van der Waals surface area (Å²) in [6.07, 6.45) is 2.65. The van der Waals surface area contributed by atoms with E-state index < -0.39 is 0 Å². The molecule has 3 rings (SSSR count). The molecule has 1 aromatic heterocycles. The number of hydrogen-bond acceptors (Lipinski definition) is 4. The van der Waals surface area contributed by atoms with E-state index in [1.165, 1.54) is 29.6 Å². The fourth-order valence-corrected chi connectivity index (χ4v) is 3.88. The first-order chi connectivity index (χ1) is 9.26. The normalized spacial score (nSPS) is 20.4. The smallest absolute Gasteiger partial charge is 0.0907 e. The lowest BCUT2D eigenvalue weighted by atomic mass is 10.1. The summed E-state index contributed by atoms with van der Waals surface area (Å²) in [5, 5.41) is 4.46. The monoisotopic (exact) mass is 275 g/mol. The van der Waals surface area contributed by atoms with Crippen LogP contribution >= 0.6 is 11.3 Å². The predicted molar refractivity (Wildman–Crippen MR) is 81.7 cm³/mol. The van der Waals surface area contributed by atoms with Gasteiger partial charge in [0.15, 0.2) is 0 Å². The van der Waals surface area contributed by atoms with E-state index in [0.717, 1.165) is 23.6 Å². The van der Waals surface area contributed by atoms with Crippen LogP contribution in [-0.2, 0) is 6.54 Å². The minimum atomic E-state index is 0.698. The van der Waals surface area contributed by atoms with Gasteiger partial charge >= 0.3 is 0 Å². The van der Waals surface area contributed by atoms with Crippen LogP contribution in [0.2, 0.25) is 0 Å². The van der Waals surface area contributed by atoms with Crippen LogP contribution in [0.1, 0.15) is 23.4 Å². The second-order valence-electron chi connectivity index (χ2n) is 5.36. The van der Waals surface area contributed by atoms with Crippen molar-refractivity contribution < 1.29 is 0 Å². The van der Waals surface area contributed by atoms with Crippen molar-refractivity contribution in [2.45, 2.75) is 32.4 Å². The summed E-state index contributed by atoms with van der Waals surface area (Å²) in [4.78, 5) is 7.13. The number of aryl methyl sites for hydroxylation is 1. The molecule has 2 aromatic rings. The van der Waals surface area contributed by atoms with Crippen molar-refractivity contribution in [1.29, 1.82) is 0 Å². The summed E-state index contributed by atoms with van der Waals surface area (Å²) in [7, 11) is 2.04. The second-order valence-corrected chi connectivity index (χ2v) is 6.59. The molecule has 1 unspecified atom stereocenters. The lowest BCUT2D eigenvalue weighted by Crippen LogP contribution is -2.36. The molecule has 0 radical (unpaired) electrons. The fraction of sp³-hybridized carbons (Fsp3) is 0.533. The Hall–Kier alpha value is -0.970. The van der Waals surface area contributed by atoms with Crippen molar-refractivity contribution in [3.63, 3.8) is 0 Å². The zero-order valence-corrected chi connectivity index (χ0v) is 12.5. The van der Waals surface area contributed by atoms with Crippen molar-refractivity contribution in [2.24, 2.45) is 0 Å². The number of fused-ring (bicyclic) bond motifs is 1. The van der Waals surface area contributed by atoms with Gasteiger partial charge in [-0.15, -0.1) is 11.3 Å². The summed E-state index contributed by atoms with van der Waals surface area (Å²) in [6.45, 7) is 5.47. The molecule has 0 spiro atoms. The maximum Gasteiger partial charge on any atom is 0.0907 e. The van der Waals surface area contributed by atoms with E-state index in [-0.39, 0.29) is 0 Å². The molecule has 0 saturated carbocycles. The Bertz CT molecular complexity index is 564. The molecule has 1 atom stereocenters. The van der Waals surface area contributed by atoms with Crippen molar-refractivity contribution in [1.82, 2.24) is 15.2 Å². The van der Waals surface area contributed by atoms with Gasteiger partial charge in [0.05, 0.1) is 15.2 Å². The first-order valence-corrected chi connectivity index (χ1v) is 7.82. The van der Waals surface area contributed by atoms with E-state index in [1.54, 1.807) is 11.3 Å². The molecule has 19 heavy (non-hydrogen) atoms. The molecule has 1 aromatic carbocycles. The van der Waals surface area contributed by atoms with Crippen molar-refractivity contribution in [2.75, 3.05) is 20.1 Å². The zero-order chi connectivity index (χ0) is 13.2. The first kappa shape index (κ1) is 13.0. The Morgan fingerprint density at radius 2 is 2.37 bits per heavy atom. The number of benzene rings is 1. The standard InChI is InChI=1S/C15H21N3S/c1-11-17-14-6-5-12(8-15(14)19-11)10-18-7-3-4-13(18)9-16-2/h5-6,8,13,16H,3-4,7,9-10H2,1-2H3. The highest BCUT2D eigenvalue weighted by Crippen LogP contribution is 2.25. The Kier molecular flexibility index (Phi) is 3.82. The highest BCUT2D eigenvalue weighted by Gasteiger charge is 2.23. The SMILES string of the molecule is CNCC1CCCN1Cc1ccc2nc(C)sc2c1. The lowest BCUT2D eigenvalue weighted by Gasteiger charge is -2.24. The zero-order valence-electron chi connectivity index (χ0n) is 11.6. The largest absolute Gasteiger partial charge is 0.318 e. The average molecular weight is 275 g/mol. The van der Waals surface area contributed by atoms with E-state index in [4.69, 9.17) is 0 Å². The van der Waals surface area contributed by atoms with Crippen molar-refractivity contribution >= 4 is 21.6 Å². The number of likely N-dealkylation sites (N-methyl/N-ethyl adjacent to an activating group) is 1. The summed E-state index contributed by atoms with van der Waals surface area (Å²) >= 11 is 1.79. The molecule has 0 bridgehead atoms. The summed E-state index contributed by atoms with van der Waals surface area (Å²) in [5.41, 5.74) is 2.55. The van der Waals surface area contributed by atoms with Gasteiger partial charge in [0.25, 0.3) is 0 Å². The van der Waals surface area contributed by atoms with Crippen molar-refractivity contribution in [3.05, 3.63) is 28.8 Å². The molecule has 0 aliphatic carbocycles. The van der Waals surface area contributed by atoms with Crippen LogP contribution in [0.15, 0.2) is 18.2 Å². The van der Waals surface area contributed by atoms with Gasteiger partial charge < -0.3 is 5.32 Å². The van der Waals surface area contributed by atoms with Crippen molar-refractivity contribution in [3.8, 4) is 0 Å². The molecule has 4 heteroatoms. The summed E-state index contributed by atoms with van der Waals surface area (Å²) in [6, 6.07) is 7.41. The van der Waals surface area contributed by atoms with Gasteiger partial charge in [0.2, 0.25) is 0 Å². The maximum atomic E-state index is 4.53. The third kappa shape index (κ3) is 2.81. The van der Waals surface area contributed by atoms with E-state index in [2.05, 4.69) is 40.3 Å². The van der Waals surface area contributed by atoms with Gasteiger partial charge in [-0.05, 0) is 51.1 Å². The van der Waals surface area contributed by atoms with Gasteiger partial charge in [-0.3, -0.25) is 4.90 Å². The molecule has 102 valence electrons. The van der Waals surface area contributed by atoms with Crippen LogP contribution in [0.5, 0.6) is 0 Å². The fourth-order valence-electron chi connectivity index (χ4n) is 2.99. The molecule has 1 aliphatic rings. The number of rotatable bonds is 4. The van der Waals surface area contributed by atoms with Gasteiger partial charge in [-0.2, -0.15) is 0 Å². The number of thiazole rings is 1. The molecule has 1 saturated heterocycles. The minimum Gasteiger partial charge on any atom is -0.318 e. The van der Waals surface area contributed by atoms with Gasteiger partial charge in [-0.1, -0.05) is 6.07 Å². The molecule has 0 amide bonds. The number of nitrogens with zero attached hydrogens (tertiary/aromatic N) is 2. The Morgan fingerprint density at radius 3 is 3.21 bits per heavy atom. The topological polar surface area (TPSA) is 28.2 Å². The molecule has 1 aliphatic heterocycles. The number of likely N-dealkylation sites (tertiary alicyclic amines) is 1. The van der Waals surface area contributed by atoms with Gasteiger partial charge in [0.1, 0.15) is 0 Å². The van der Waals surface area contributed by atoms with E-state index >= 15 is 0 Å².